The molecule has 0 saturated carbocycles. The number of aromatic amines is 1. The third-order valence-corrected chi connectivity index (χ3v) is 5.29. The summed E-state index contributed by atoms with van der Waals surface area (Å²) in [5.74, 6) is -2.82. The minimum absolute atomic E-state index is 0.0411. The topological polar surface area (TPSA) is 179 Å². The lowest BCUT2D eigenvalue weighted by molar-refractivity contribution is -0.143. The highest BCUT2D eigenvalue weighted by molar-refractivity contribution is 5.94. The molecule has 1 aromatic heterocycles. The molecule has 0 fully saturated rings. The van der Waals surface area contributed by atoms with Crippen LogP contribution >= 0.6 is 0 Å². The first-order chi connectivity index (χ1) is 15.8. The van der Waals surface area contributed by atoms with Gasteiger partial charge in [-0.3, -0.25) is 14.4 Å². The van der Waals surface area contributed by atoms with Crippen molar-refractivity contribution in [3.05, 3.63) is 18.2 Å². The maximum atomic E-state index is 13.2. The number of nitrogens with two attached hydrogens (primary N) is 1. The van der Waals surface area contributed by atoms with Gasteiger partial charge >= 0.3 is 5.97 Å². The number of carbonyl (C=O) groups excluding carboxylic acids is 3. The first-order valence-electron chi connectivity index (χ1n) is 11.7. The zero-order valence-electron chi connectivity index (χ0n) is 20.9. The Morgan fingerprint density at radius 1 is 0.882 bits per heavy atom. The number of aromatic nitrogens is 2. The van der Waals surface area contributed by atoms with E-state index in [0.29, 0.717) is 12.1 Å². The Kier molecular flexibility index (Phi) is 11.7. The lowest BCUT2D eigenvalue weighted by Crippen LogP contribution is -2.58. The first-order valence-corrected chi connectivity index (χ1v) is 11.7. The second kappa shape index (κ2) is 13.7. The van der Waals surface area contributed by atoms with Gasteiger partial charge in [-0.25, -0.2) is 9.78 Å². The molecule has 3 amide bonds. The zero-order valence-corrected chi connectivity index (χ0v) is 20.9. The molecule has 0 bridgehead atoms. The Bertz CT molecular complexity index is 809. The molecule has 4 atom stereocenters. The van der Waals surface area contributed by atoms with Crippen LogP contribution in [0.3, 0.4) is 0 Å². The number of hydrogen-bond acceptors (Lipinski definition) is 6. The van der Waals surface area contributed by atoms with Crippen molar-refractivity contribution in [3.8, 4) is 0 Å². The predicted molar refractivity (Wildman–Crippen MR) is 127 cm³/mol. The van der Waals surface area contributed by atoms with Crippen LogP contribution in [0.5, 0.6) is 0 Å². The van der Waals surface area contributed by atoms with Crippen LogP contribution in [0, 0.1) is 17.8 Å². The van der Waals surface area contributed by atoms with E-state index in [4.69, 9.17) is 5.73 Å². The summed E-state index contributed by atoms with van der Waals surface area (Å²) in [6.07, 6.45) is 3.67. The summed E-state index contributed by atoms with van der Waals surface area (Å²) < 4.78 is 0. The van der Waals surface area contributed by atoms with Gasteiger partial charge in [-0.15, -0.1) is 0 Å². The smallest absolute Gasteiger partial charge is 0.326 e. The van der Waals surface area contributed by atoms with Crippen LogP contribution in [-0.4, -0.2) is 62.9 Å². The molecule has 4 unspecified atom stereocenters. The Morgan fingerprint density at radius 2 is 1.38 bits per heavy atom. The molecule has 34 heavy (non-hydrogen) atoms. The van der Waals surface area contributed by atoms with E-state index in [1.807, 2.05) is 27.7 Å². The van der Waals surface area contributed by atoms with Crippen LogP contribution in [0.2, 0.25) is 0 Å². The molecular weight excluding hydrogens is 440 g/mol. The average Bonchev–Trinajstić information content (AvgIpc) is 3.23. The fourth-order valence-electron chi connectivity index (χ4n) is 3.34. The van der Waals surface area contributed by atoms with Crippen LogP contribution in [0.4, 0.5) is 0 Å². The van der Waals surface area contributed by atoms with Gasteiger partial charge in [0.25, 0.3) is 0 Å². The largest absolute Gasteiger partial charge is 0.480 e. The Hall–Kier alpha value is -2.95. The molecule has 1 heterocycles. The number of hydrogen-bond donors (Lipinski definition) is 6. The highest BCUT2D eigenvalue weighted by Gasteiger charge is 2.31. The summed E-state index contributed by atoms with van der Waals surface area (Å²) in [6, 6.07) is -3.85. The SMILES string of the molecule is CC(C)CC(NC(=O)C(CC(C)C)NC(=O)C(Cc1cnc[nH]1)NC(=O)C(N)C(C)C)C(=O)O. The van der Waals surface area contributed by atoms with E-state index >= 15 is 0 Å². The van der Waals surface area contributed by atoms with Crippen molar-refractivity contribution < 1.29 is 24.3 Å². The third-order valence-electron chi connectivity index (χ3n) is 5.29. The van der Waals surface area contributed by atoms with Gasteiger partial charge in [0.1, 0.15) is 18.1 Å². The summed E-state index contributed by atoms with van der Waals surface area (Å²) in [6.45, 7) is 11.1. The van der Waals surface area contributed by atoms with Crippen molar-refractivity contribution in [2.24, 2.45) is 23.5 Å². The quantitative estimate of drug-likeness (QED) is 0.225. The van der Waals surface area contributed by atoms with Crippen molar-refractivity contribution >= 4 is 23.7 Å². The number of rotatable bonds is 14. The molecule has 0 radical (unpaired) electrons. The normalized spacial score (nSPS) is 15.0. The lowest BCUT2D eigenvalue weighted by Gasteiger charge is -2.26. The average molecular weight is 481 g/mol. The number of carboxylic acids is 1. The molecular formula is C23H40N6O5. The Morgan fingerprint density at radius 3 is 1.85 bits per heavy atom. The molecule has 0 aliphatic rings. The van der Waals surface area contributed by atoms with Crippen LogP contribution in [0.25, 0.3) is 0 Å². The van der Waals surface area contributed by atoms with Crippen LogP contribution in [-0.2, 0) is 25.6 Å². The van der Waals surface area contributed by atoms with E-state index in [-0.39, 0.29) is 30.6 Å². The number of H-pyrrole nitrogens is 1. The number of nitrogens with one attached hydrogen (secondary N) is 4. The van der Waals surface area contributed by atoms with E-state index in [1.165, 1.54) is 12.5 Å². The van der Waals surface area contributed by atoms with Crippen molar-refractivity contribution in [1.29, 1.82) is 0 Å². The van der Waals surface area contributed by atoms with E-state index < -0.39 is 47.9 Å². The highest BCUT2D eigenvalue weighted by Crippen LogP contribution is 2.10. The maximum absolute atomic E-state index is 13.2. The summed E-state index contributed by atoms with van der Waals surface area (Å²) in [5, 5.41) is 17.4. The molecule has 11 heteroatoms. The van der Waals surface area contributed by atoms with E-state index in [1.54, 1.807) is 13.8 Å². The number of carbonyl (C=O) groups is 4. The number of amides is 3. The molecule has 0 aliphatic carbocycles. The minimum Gasteiger partial charge on any atom is -0.480 e. The zero-order chi connectivity index (χ0) is 26.0. The number of aliphatic carboxylic acids is 1. The van der Waals surface area contributed by atoms with E-state index in [2.05, 4.69) is 25.9 Å². The molecule has 0 spiro atoms. The molecule has 1 rings (SSSR count). The fourth-order valence-corrected chi connectivity index (χ4v) is 3.34. The van der Waals surface area contributed by atoms with Gasteiger partial charge in [0.2, 0.25) is 17.7 Å². The van der Waals surface area contributed by atoms with Gasteiger partial charge in [0.15, 0.2) is 0 Å². The Labute approximate surface area is 201 Å². The number of imidazole rings is 1. The summed E-state index contributed by atoms with van der Waals surface area (Å²) in [7, 11) is 0. The molecule has 0 saturated heterocycles. The second-order valence-electron chi connectivity index (χ2n) is 9.83. The minimum atomic E-state index is -1.14. The Balaban J connectivity index is 3.05. The molecule has 0 aromatic carbocycles. The number of carboxylic acid groups (broad SMARTS) is 1. The summed E-state index contributed by atoms with van der Waals surface area (Å²) >= 11 is 0. The molecule has 7 N–H and O–H groups in total. The molecule has 192 valence electrons. The maximum Gasteiger partial charge on any atom is 0.326 e. The molecule has 11 nitrogen and oxygen atoms in total. The summed E-state index contributed by atoms with van der Waals surface area (Å²) in [4.78, 5) is 57.1. The van der Waals surface area contributed by atoms with Gasteiger partial charge < -0.3 is 31.8 Å². The van der Waals surface area contributed by atoms with Crippen molar-refractivity contribution in [2.45, 2.75) is 85.0 Å². The monoisotopic (exact) mass is 480 g/mol. The summed E-state index contributed by atoms with van der Waals surface area (Å²) in [5.41, 5.74) is 6.55. The fraction of sp³-hybridized carbons (Fsp3) is 0.696. The highest BCUT2D eigenvalue weighted by atomic mass is 16.4. The molecule has 0 aliphatic heterocycles. The standard InChI is InChI=1S/C23H40N6O5/c1-12(2)7-16(20(30)29-18(23(33)34)8-13(3)4)27-21(31)17(9-15-10-25-11-26-15)28-22(32)19(24)14(5)6/h10-14,16-19H,7-9,24H2,1-6H3,(H,25,26)(H,27,31)(H,28,32)(H,29,30)(H,33,34). The van der Waals surface area contributed by atoms with Crippen LogP contribution in [0.15, 0.2) is 12.5 Å². The van der Waals surface area contributed by atoms with Crippen LogP contribution < -0.4 is 21.7 Å². The van der Waals surface area contributed by atoms with Crippen molar-refractivity contribution in [3.63, 3.8) is 0 Å². The van der Waals surface area contributed by atoms with Crippen molar-refractivity contribution in [2.75, 3.05) is 0 Å². The second-order valence-corrected chi connectivity index (χ2v) is 9.83. The van der Waals surface area contributed by atoms with Gasteiger partial charge in [-0.05, 0) is 30.6 Å². The van der Waals surface area contributed by atoms with Gasteiger partial charge in [0, 0.05) is 18.3 Å². The molecule has 1 aromatic rings. The van der Waals surface area contributed by atoms with Crippen LogP contribution in [0.1, 0.15) is 60.1 Å². The first kappa shape index (κ1) is 29.1. The predicted octanol–water partition coefficient (Wildman–Crippen LogP) is 0.567. The lowest BCUT2D eigenvalue weighted by atomic mass is 9.99. The van der Waals surface area contributed by atoms with Gasteiger partial charge in [-0.2, -0.15) is 0 Å². The van der Waals surface area contributed by atoms with Crippen molar-refractivity contribution in [1.82, 2.24) is 25.9 Å². The van der Waals surface area contributed by atoms with Gasteiger partial charge in [-0.1, -0.05) is 41.5 Å². The number of nitrogens with zero attached hydrogens (tertiary/aromatic N) is 1. The van der Waals surface area contributed by atoms with E-state index in [0.717, 1.165) is 0 Å². The van der Waals surface area contributed by atoms with Gasteiger partial charge in [0.05, 0.1) is 12.4 Å². The third kappa shape index (κ3) is 9.90. The van der Waals surface area contributed by atoms with E-state index in [9.17, 15) is 24.3 Å².